The van der Waals surface area contributed by atoms with Gasteiger partial charge in [0.25, 0.3) is 0 Å². The zero-order valence-electron chi connectivity index (χ0n) is 37.3. The fraction of sp³-hybridized carbons (Fsp3) is 0.143. The van der Waals surface area contributed by atoms with Crippen LogP contribution in [0.2, 0.25) is 0 Å². The lowest BCUT2D eigenvalue weighted by atomic mass is 9.61. The van der Waals surface area contributed by atoms with Gasteiger partial charge in [-0.1, -0.05) is 191 Å². The summed E-state index contributed by atoms with van der Waals surface area (Å²) in [4.78, 5) is 2.45. The van der Waals surface area contributed by atoms with E-state index in [9.17, 15) is 0 Å². The molecule has 10 aromatic rings. The van der Waals surface area contributed by atoms with Gasteiger partial charge in [-0.25, -0.2) is 0 Å². The van der Waals surface area contributed by atoms with Gasteiger partial charge in [-0.2, -0.15) is 0 Å². The molecule has 1 aromatic heterocycles. The molecule has 0 saturated carbocycles. The molecule has 2 nitrogen and oxygen atoms in total. The lowest BCUT2D eigenvalue weighted by molar-refractivity contribution is 0.333. The van der Waals surface area contributed by atoms with Gasteiger partial charge in [0.05, 0.1) is 16.8 Å². The van der Waals surface area contributed by atoms with Crippen molar-refractivity contribution < 1.29 is 4.42 Å². The van der Waals surface area contributed by atoms with Crippen LogP contribution in [0.1, 0.15) is 73.9 Å². The van der Waals surface area contributed by atoms with Crippen LogP contribution >= 0.6 is 0 Å². The molecule has 3 aliphatic carbocycles. The van der Waals surface area contributed by atoms with Crippen molar-refractivity contribution in [1.29, 1.82) is 0 Å². The summed E-state index contributed by atoms with van der Waals surface area (Å²) in [5.74, 6) is 0. The summed E-state index contributed by atoms with van der Waals surface area (Å²) in [5.41, 5.74) is 23.0. The standard InChI is InChI=1S/C63H49NO/c1-61(2)36-37-62(3,4)59-43(24-16-29-54(59)61)40-32-34-41(35-33-40)49-38-50-46-22-10-14-28-53(46)63(51-26-12-8-20-44(51)45-21-9-13-27-52(45)63)55(50)39-57(49)64(42-18-6-5-7-19-42)56-30-17-25-48-47-23-11-15-31-58(47)65-60(48)56/h5-35,38-39H,36-37H2,1-4H3. The Labute approximate surface area is 381 Å². The number of benzene rings is 9. The minimum Gasteiger partial charge on any atom is -0.454 e. The Kier molecular flexibility index (Phi) is 8.08. The first-order valence-electron chi connectivity index (χ1n) is 23.2. The summed E-state index contributed by atoms with van der Waals surface area (Å²) < 4.78 is 6.88. The van der Waals surface area contributed by atoms with E-state index in [1.54, 1.807) is 0 Å². The second-order valence-electron chi connectivity index (χ2n) is 19.8. The zero-order valence-corrected chi connectivity index (χ0v) is 37.3. The van der Waals surface area contributed by atoms with Crippen LogP contribution in [-0.4, -0.2) is 0 Å². The molecule has 312 valence electrons. The Bertz CT molecular complexity index is 3500. The molecule has 0 bridgehead atoms. The summed E-state index contributed by atoms with van der Waals surface area (Å²) in [6.07, 6.45) is 2.36. The first-order valence-corrected chi connectivity index (χ1v) is 23.2. The Balaban J connectivity index is 1.11. The molecule has 0 N–H and O–H groups in total. The number of nitrogens with zero attached hydrogens (tertiary/aromatic N) is 1. The van der Waals surface area contributed by atoms with Crippen LogP contribution in [0, 0.1) is 0 Å². The molecule has 3 aliphatic rings. The largest absolute Gasteiger partial charge is 0.454 e. The van der Waals surface area contributed by atoms with E-state index >= 15 is 0 Å². The fourth-order valence-corrected chi connectivity index (χ4v) is 12.2. The van der Waals surface area contributed by atoms with Gasteiger partial charge >= 0.3 is 0 Å². The van der Waals surface area contributed by atoms with Crippen LogP contribution in [0.25, 0.3) is 66.4 Å². The molecule has 2 heteroatoms. The number of fused-ring (bicyclic) bond motifs is 14. The SMILES string of the molecule is CC1(C)CCC(C)(C)c2c(-c3ccc(-c4cc5c(cc4N(c4ccccc4)c4cccc6c4oc4ccccc46)C4(c6ccccc6-c6ccccc64)c4ccccc4-5)cc3)cccc21. The molecule has 65 heavy (non-hydrogen) atoms. The third-order valence-corrected chi connectivity index (χ3v) is 15.3. The second kappa shape index (κ2) is 13.8. The van der Waals surface area contributed by atoms with Crippen LogP contribution in [0.15, 0.2) is 205 Å². The van der Waals surface area contributed by atoms with Gasteiger partial charge in [0.1, 0.15) is 5.58 Å². The Morgan fingerprint density at radius 1 is 0.385 bits per heavy atom. The molecular formula is C63H49NO. The maximum absolute atomic E-state index is 6.88. The minimum absolute atomic E-state index is 0.0853. The number of rotatable bonds is 5. The fourth-order valence-electron chi connectivity index (χ4n) is 12.2. The third-order valence-electron chi connectivity index (χ3n) is 15.3. The maximum atomic E-state index is 6.88. The highest BCUT2D eigenvalue weighted by Gasteiger charge is 2.52. The average molecular weight is 836 g/mol. The zero-order chi connectivity index (χ0) is 43.7. The van der Waals surface area contributed by atoms with Gasteiger partial charge in [0.15, 0.2) is 5.58 Å². The topological polar surface area (TPSA) is 16.4 Å². The Morgan fingerprint density at radius 3 is 1.60 bits per heavy atom. The van der Waals surface area contributed by atoms with Crippen molar-refractivity contribution in [2.45, 2.75) is 56.8 Å². The molecule has 13 rings (SSSR count). The van der Waals surface area contributed by atoms with Gasteiger partial charge in [0, 0.05) is 22.0 Å². The van der Waals surface area contributed by atoms with Crippen molar-refractivity contribution in [2.75, 3.05) is 4.90 Å². The molecule has 0 fully saturated rings. The molecule has 0 saturated heterocycles. The van der Waals surface area contributed by atoms with Gasteiger partial charge < -0.3 is 9.32 Å². The highest BCUT2D eigenvalue weighted by atomic mass is 16.3. The molecule has 1 heterocycles. The van der Waals surface area contributed by atoms with Crippen molar-refractivity contribution >= 4 is 39.0 Å². The number of hydrogen-bond acceptors (Lipinski definition) is 2. The Hall–Kier alpha value is -7.42. The third kappa shape index (κ3) is 5.34. The molecule has 0 radical (unpaired) electrons. The van der Waals surface area contributed by atoms with Crippen molar-refractivity contribution in [3.8, 4) is 44.5 Å². The molecule has 0 aliphatic heterocycles. The van der Waals surface area contributed by atoms with Gasteiger partial charge in [-0.15, -0.1) is 0 Å². The van der Waals surface area contributed by atoms with Crippen molar-refractivity contribution in [1.82, 2.24) is 0 Å². The van der Waals surface area contributed by atoms with Crippen molar-refractivity contribution in [2.24, 2.45) is 0 Å². The van der Waals surface area contributed by atoms with E-state index in [2.05, 4.69) is 233 Å². The molecule has 1 spiro atoms. The lowest BCUT2D eigenvalue weighted by Crippen LogP contribution is -2.34. The van der Waals surface area contributed by atoms with E-state index in [0.717, 1.165) is 44.6 Å². The second-order valence-corrected chi connectivity index (χ2v) is 19.8. The monoisotopic (exact) mass is 835 g/mol. The smallest absolute Gasteiger partial charge is 0.159 e. The van der Waals surface area contributed by atoms with E-state index in [-0.39, 0.29) is 10.8 Å². The van der Waals surface area contributed by atoms with Crippen LogP contribution in [-0.2, 0) is 16.2 Å². The minimum atomic E-state index is -0.503. The molecule has 9 aromatic carbocycles. The first-order chi connectivity index (χ1) is 31.7. The van der Waals surface area contributed by atoms with Gasteiger partial charge in [0.2, 0.25) is 0 Å². The highest BCUT2D eigenvalue weighted by Crippen LogP contribution is 2.64. The van der Waals surface area contributed by atoms with Gasteiger partial charge in [-0.05, 0) is 132 Å². The summed E-state index contributed by atoms with van der Waals surface area (Å²) in [6, 6.07) is 74.6. The first kappa shape index (κ1) is 38.1. The van der Waals surface area contributed by atoms with Crippen LogP contribution in [0.3, 0.4) is 0 Å². The normalized spacial score (nSPS) is 15.6. The number of para-hydroxylation sites is 3. The molecule has 0 atom stereocenters. The van der Waals surface area contributed by atoms with Crippen LogP contribution in [0.5, 0.6) is 0 Å². The lowest BCUT2D eigenvalue weighted by Gasteiger charge is -2.43. The summed E-state index contributed by atoms with van der Waals surface area (Å²) in [6.45, 7) is 9.70. The van der Waals surface area contributed by atoms with E-state index in [0.29, 0.717) is 0 Å². The Morgan fingerprint density at radius 2 is 0.908 bits per heavy atom. The summed E-state index contributed by atoms with van der Waals surface area (Å²) in [5, 5.41) is 2.22. The summed E-state index contributed by atoms with van der Waals surface area (Å²) in [7, 11) is 0. The highest BCUT2D eigenvalue weighted by molar-refractivity contribution is 6.11. The quantitative estimate of drug-likeness (QED) is 0.172. The van der Waals surface area contributed by atoms with Crippen molar-refractivity contribution in [3.63, 3.8) is 0 Å². The summed E-state index contributed by atoms with van der Waals surface area (Å²) >= 11 is 0. The predicted octanol–water partition coefficient (Wildman–Crippen LogP) is 17.1. The maximum Gasteiger partial charge on any atom is 0.159 e. The number of anilines is 3. The van der Waals surface area contributed by atoms with E-state index in [1.807, 2.05) is 0 Å². The van der Waals surface area contributed by atoms with E-state index in [1.165, 1.54) is 85.2 Å². The van der Waals surface area contributed by atoms with E-state index < -0.39 is 5.41 Å². The molecule has 0 amide bonds. The van der Waals surface area contributed by atoms with Crippen LogP contribution < -0.4 is 4.90 Å². The van der Waals surface area contributed by atoms with Crippen LogP contribution in [0.4, 0.5) is 17.1 Å². The molecular weight excluding hydrogens is 787 g/mol. The number of hydrogen-bond donors (Lipinski definition) is 0. The predicted molar refractivity (Wildman–Crippen MR) is 271 cm³/mol. The average Bonchev–Trinajstić information content (AvgIpc) is 3.98. The van der Waals surface area contributed by atoms with E-state index in [4.69, 9.17) is 4.42 Å². The van der Waals surface area contributed by atoms with Crippen molar-refractivity contribution in [3.05, 3.63) is 234 Å². The van der Waals surface area contributed by atoms with Gasteiger partial charge in [-0.3, -0.25) is 0 Å². The molecule has 0 unspecified atom stereocenters. The number of furan rings is 1.